The van der Waals surface area contributed by atoms with Crippen LogP contribution in [0.2, 0.25) is 0 Å². The first-order valence-electron chi connectivity index (χ1n) is 9.62. The highest BCUT2D eigenvalue weighted by Gasteiger charge is 2.18. The molecule has 2 heterocycles. The molecule has 25 heavy (non-hydrogen) atoms. The van der Waals surface area contributed by atoms with E-state index in [1.54, 1.807) is 0 Å². The van der Waals surface area contributed by atoms with Crippen molar-refractivity contribution >= 4 is 0 Å². The highest BCUT2D eigenvalue weighted by Crippen LogP contribution is 2.17. The van der Waals surface area contributed by atoms with E-state index in [1.165, 1.54) is 37.1 Å². The molecule has 4 heteroatoms. The number of hydrogen-bond acceptors (Lipinski definition) is 4. The third kappa shape index (κ3) is 6.14. The molecule has 0 spiro atoms. The summed E-state index contributed by atoms with van der Waals surface area (Å²) in [7, 11) is 0. The lowest BCUT2D eigenvalue weighted by atomic mass is 10.0. The Hall–Kier alpha value is -1.36. The van der Waals surface area contributed by atoms with Crippen molar-refractivity contribution in [1.29, 1.82) is 0 Å². The lowest BCUT2D eigenvalue weighted by Crippen LogP contribution is -2.42. The predicted molar refractivity (Wildman–Crippen MR) is 102 cm³/mol. The normalized spacial score (nSPS) is 22.2. The molecular formula is C21H32N2O2. The molecule has 4 nitrogen and oxygen atoms in total. The van der Waals surface area contributed by atoms with Crippen molar-refractivity contribution < 1.29 is 9.47 Å². The van der Waals surface area contributed by atoms with Crippen LogP contribution in [-0.4, -0.2) is 49.9 Å². The minimum atomic E-state index is 0.275. The molecule has 1 atom stereocenters. The third-order valence-electron chi connectivity index (χ3n) is 5.06. The Balaban J connectivity index is 1.35. The fourth-order valence-electron chi connectivity index (χ4n) is 3.61. The Morgan fingerprint density at radius 3 is 2.64 bits per heavy atom. The lowest BCUT2D eigenvalue weighted by Gasteiger charge is -2.32. The van der Waals surface area contributed by atoms with Gasteiger partial charge < -0.3 is 14.8 Å². The van der Waals surface area contributed by atoms with Gasteiger partial charge in [0.15, 0.2) is 0 Å². The van der Waals surface area contributed by atoms with Crippen LogP contribution in [0.15, 0.2) is 36.4 Å². The second kappa shape index (κ2) is 9.37. The molecule has 2 aliphatic heterocycles. The van der Waals surface area contributed by atoms with Crippen LogP contribution < -0.4 is 10.1 Å². The summed E-state index contributed by atoms with van der Waals surface area (Å²) in [5.41, 5.74) is 2.57. The molecule has 138 valence electrons. The summed E-state index contributed by atoms with van der Waals surface area (Å²) in [5, 5.41) is 3.70. The maximum absolute atomic E-state index is 5.82. The van der Waals surface area contributed by atoms with Gasteiger partial charge in [-0.1, -0.05) is 24.3 Å². The number of hydrogen-bond donors (Lipinski definition) is 1. The van der Waals surface area contributed by atoms with Gasteiger partial charge in [-0.2, -0.15) is 0 Å². The molecular weight excluding hydrogens is 312 g/mol. The second-order valence-corrected chi connectivity index (χ2v) is 7.48. The van der Waals surface area contributed by atoms with E-state index in [0.29, 0.717) is 12.6 Å². The predicted octanol–water partition coefficient (Wildman–Crippen LogP) is 3.37. The number of ether oxygens (including phenoxy) is 2. The van der Waals surface area contributed by atoms with Gasteiger partial charge in [-0.3, -0.25) is 4.90 Å². The first-order valence-corrected chi connectivity index (χ1v) is 9.62. The summed E-state index contributed by atoms with van der Waals surface area (Å²) >= 11 is 0. The van der Waals surface area contributed by atoms with Crippen LogP contribution in [0.25, 0.3) is 0 Å². The Labute approximate surface area is 152 Å². The van der Waals surface area contributed by atoms with Crippen molar-refractivity contribution in [2.75, 3.05) is 32.8 Å². The van der Waals surface area contributed by atoms with Crippen LogP contribution in [0.4, 0.5) is 0 Å². The zero-order valence-corrected chi connectivity index (χ0v) is 15.5. The largest absolute Gasteiger partial charge is 0.491 e. The Morgan fingerprint density at radius 1 is 1.24 bits per heavy atom. The van der Waals surface area contributed by atoms with Gasteiger partial charge in [0.2, 0.25) is 0 Å². The maximum atomic E-state index is 5.82. The van der Waals surface area contributed by atoms with E-state index in [2.05, 4.69) is 48.0 Å². The Bertz CT molecular complexity index is 529. The SMILES string of the molecule is C=C(C)CN1CCC(NCc2ccc(OCC3CCCO3)cc2)CC1. The minimum Gasteiger partial charge on any atom is -0.491 e. The Morgan fingerprint density at radius 2 is 2.00 bits per heavy atom. The van der Waals surface area contributed by atoms with Crippen molar-refractivity contribution in [2.24, 2.45) is 0 Å². The molecule has 0 amide bonds. The molecule has 2 aliphatic rings. The molecule has 0 saturated carbocycles. The molecule has 1 aromatic rings. The van der Waals surface area contributed by atoms with Crippen molar-refractivity contribution in [1.82, 2.24) is 10.2 Å². The molecule has 1 N–H and O–H groups in total. The molecule has 2 saturated heterocycles. The topological polar surface area (TPSA) is 33.7 Å². The quantitative estimate of drug-likeness (QED) is 0.733. The average Bonchev–Trinajstić information content (AvgIpc) is 3.13. The van der Waals surface area contributed by atoms with Crippen molar-refractivity contribution in [3.8, 4) is 5.75 Å². The standard InChI is InChI=1S/C21H32N2O2/c1-17(2)15-23-11-9-19(10-12-23)22-14-18-5-7-20(8-6-18)25-16-21-4-3-13-24-21/h5-8,19,21-22H,1,3-4,9-16H2,2H3. The van der Waals surface area contributed by atoms with Crippen LogP contribution >= 0.6 is 0 Å². The number of piperidine rings is 1. The molecule has 0 aromatic heterocycles. The number of likely N-dealkylation sites (tertiary alicyclic amines) is 1. The Kier molecular flexibility index (Phi) is 6.91. The number of nitrogens with one attached hydrogen (secondary N) is 1. The lowest BCUT2D eigenvalue weighted by molar-refractivity contribution is 0.0679. The molecule has 1 unspecified atom stereocenters. The highest BCUT2D eigenvalue weighted by atomic mass is 16.5. The van der Waals surface area contributed by atoms with Gasteiger partial charge in [-0.05, 0) is 63.4 Å². The average molecular weight is 344 g/mol. The summed E-state index contributed by atoms with van der Waals surface area (Å²) in [4.78, 5) is 2.50. The third-order valence-corrected chi connectivity index (χ3v) is 5.06. The van der Waals surface area contributed by atoms with Crippen LogP contribution in [0.5, 0.6) is 5.75 Å². The van der Waals surface area contributed by atoms with Crippen LogP contribution in [0, 0.1) is 0 Å². The zero-order chi connectivity index (χ0) is 17.5. The van der Waals surface area contributed by atoms with Crippen LogP contribution in [0.1, 0.15) is 38.2 Å². The number of nitrogens with zero attached hydrogens (tertiary/aromatic N) is 1. The van der Waals surface area contributed by atoms with E-state index >= 15 is 0 Å². The summed E-state index contributed by atoms with van der Waals surface area (Å²) in [6.07, 6.45) is 4.99. The first-order chi connectivity index (χ1) is 12.2. The van der Waals surface area contributed by atoms with Crippen LogP contribution in [-0.2, 0) is 11.3 Å². The molecule has 2 fully saturated rings. The maximum Gasteiger partial charge on any atom is 0.119 e. The van der Waals surface area contributed by atoms with E-state index < -0.39 is 0 Å². The fourth-order valence-corrected chi connectivity index (χ4v) is 3.61. The number of benzene rings is 1. The first kappa shape index (κ1) is 18.4. The van der Waals surface area contributed by atoms with Gasteiger partial charge in [0, 0.05) is 25.7 Å². The monoisotopic (exact) mass is 344 g/mol. The summed E-state index contributed by atoms with van der Waals surface area (Å²) in [6, 6.07) is 9.09. The smallest absolute Gasteiger partial charge is 0.119 e. The second-order valence-electron chi connectivity index (χ2n) is 7.48. The van der Waals surface area contributed by atoms with Gasteiger partial charge in [0.1, 0.15) is 12.4 Å². The summed E-state index contributed by atoms with van der Waals surface area (Å²) < 4.78 is 11.4. The highest BCUT2D eigenvalue weighted by molar-refractivity contribution is 5.27. The van der Waals surface area contributed by atoms with Crippen molar-refractivity contribution in [3.05, 3.63) is 42.0 Å². The van der Waals surface area contributed by atoms with E-state index in [9.17, 15) is 0 Å². The molecule has 3 rings (SSSR count). The molecule has 0 bridgehead atoms. The molecule has 1 aromatic carbocycles. The number of rotatable bonds is 8. The van der Waals surface area contributed by atoms with E-state index in [4.69, 9.17) is 9.47 Å². The zero-order valence-electron chi connectivity index (χ0n) is 15.5. The van der Waals surface area contributed by atoms with Crippen LogP contribution in [0.3, 0.4) is 0 Å². The van der Waals surface area contributed by atoms with Gasteiger partial charge in [0.05, 0.1) is 6.10 Å². The summed E-state index contributed by atoms with van der Waals surface area (Å²) in [6.45, 7) is 12.0. The van der Waals surface area contributed by atoms with Gasteiger partial charge in [-0.25, -0.2) is 0 Å². The van der Waals surface area contributed by atoms with E-state index in [1.807, 2.05) is 0 Å². The van der Waals surface area contributed by atoms with Crippen molar-refractivity contribution in [2.45, 2.75) is 51.3 Å². The minimum absolute atomic E-state index is 0.275. The van der Waals surface area contributed by atoms with Gasteiger partial charge >= 0.3 is 0 Å². The summed E-state index contributed by atoms with van der Waals surface area (Å²) in [5.74, 6) is 0.937. The molecule has 0 radical (unpaired) electrons. The van der Waals surface area contributed by atoms with E-state index in [-0.39, 0.29) is 6.10 Å². The van der Waals surface area contributed by atoms with Crippen molar-refractivity contribution in [3.63, 3.8) is 0 Å². The van der Waals surface area contributed by atoms with Gasteiger partial charge in [-0.15, -0.1) is 0 Å². The fraction of sp³-hybridized carbons (Fsp3) is 0.619. The molecule has 0 aliphatic carbocycles. The van der Waals surface area contributed by atoms with Gasteiger partial charge in [0.25, 0.3) is 0 Å². The van der Waals surface area contributed by atoms with E-state index in [0.717, 1.165) is 38.3 Å².